The molecule has 0 saturated carbocycles. The van der Waals surface area contributed by atoms with Gasteiger partial charge in [0.05, 0.1) is 19.4 Å². The summed E-state index contributed by atoms with van der Waals surface area (Å²) in [7, 11) is 1.55. The van der Waals surface area contributed by atoms with Gasteiger partial charge in [-0.3, -0.25) is 20.4 Å². The van der Waals surface area contributed by atoms with E-state index < -0.39 is 5.91 Å². The van der Waals surface area contributed by atoms with Gasteiger partial charge in [0.15, 0.2) is 11.0 Å². The largest absolute Gasteiger partial charge is 0.497 e. The van der Waals surface area contributed by atoms with Crippen LogP contribution in [0.5, 0.6) is 5.75 Å². The summed E-state index contributed by atoms with van der Waals surface area (Å²) in [4.78, 5) is 24.3. The average Bonchev–Trinajstić information content (AvgIpc) is 3.22. The predicted octanol–water partition coefficient (Wildman–Crippen LogP) is 3.13. The molecule has 0 aliphatic carbocycles. The Hall–Kier alpha value is -3.24. The number of rotatable bonds is 9. The summed E-state index contributed by atoms with van der Waals surface area (Å²) in [6, 6.07) is 13.9. The zero-order valence-electron chi connectivity index (χ0n) is 17.6. The molecule has 2 amide bonds. The van der Waals surface area contributed by atoms with Crippen LogP contribution in [-0.2, 0) is 17.9 Å². The van der Waals surface area contributed by atoms with Gasteiger partial charge < -0.3 is 14.6 Å². The lowest BCUT2D eigenvalue weighted by molar-refractivity contribution is -0.119. The number of nitrogens with zero attached hydrogens (tertiary/aromatic N) is 3. The number of methoxy groups -OCH3 is 1. The molecular weight excluding hydrogens is 452 g/mol. The maximum Gasteiger partial charge on any atom is 0.269 e. The molecule has 0 bridgehead atoms. The van der Waals surface area contributed by atoms with E-state index in [2.05, 4.69) is 26.4 Å². The summed E-state index contributed by atoms with van der Waals surface area (Å²) in [6.45, 7) is 3.12. The van der Waals surface area contributed by atoms with E-state index in [1.807, 2.05) is 35.8 Å². The molecule has 1 heterocycles. The molecule has 2 aromatic carbocycles. The van der Waals surface area contributed by atoms with Gasteiger partial charge in [-0.25, -0.2) is 0 Å². The molecule has 3 N–H and O–H groups in total. The molecule has 0 radical (unpaired) electrons. The molecule has 1 aromatic heterocycles. The second-order valence-electron chi connectivity index (χ2n) is 6.52. The number of hydrogen-bond acceptors (Lipinski definition) is 7. The number of ether oxygens (including phenoxy) is 1. The topological polar surface area (TPSA) is 110 Å². The number of nitrogens with one attached hydrogen (secondary N) is 3. The van der Waals surface area contributed by atoms with Crippen molar-refractivity contribution < 1.29 is 14.3 Å². The lowest BCUT2D eigenvalue weighted by atomic mass is 10.2. The third kappa shape index (κ3) is 6.38. The Morgan fingerprint density at radius 3 is 2.44 bits per heavy atom. The van der Waals surface area contributed by atoms with E-state index in [0.717, 1.165) is 11.5 Å². The van der Waals surface area contributed by atoms with Crippen LogP contribution in [0.25, 0.3) is 0 Å². The Balaban J connectivity index is 1.48. The minimum absolute atomic E-state index is 0.0750. The molecule has 3 rings (SSSR count). The molecule has 32 heavy (non-hydrogen) atoms. The van der Waals surface area contributed by atoms with Crippen LogP contribution < -0.4 is 20.9 Å². The summed E-state index contributed by atoms with van der Waals surface area (Å²) >= 11 is 7.15. The van der Waals surface area contributed by atoms with Gasteiger partial charge in [0.1, 0.15) is 5.75 Å². The normalized spacial score (nSPS) is 10.5. The van der Waals surface area contributed by atoms with Crippen LogP contribution in [0, 0.1) is 0 Å². The minimum atomic E-state index is -0.418. The van der Waals surface area contributed by atoms with E-state index >= 15 is 0 Å². The number of carbonyl (C=O) groups excluding carboxylic acids is 2. The van der Waals surface area contributed by atoms with Crippen LogP contribution in [0.1, 0.15) is 23.1 Å². The number of halogens is 1. The predicted molar refractivity (Wildman–Crippen MR) is 124 cm³/mol. The van der Waals surface area contributed by atoms with Gasteiger partial charge in [-0.05, 0) is 55.5 Å². The van der Waals surface area contributed by atoms with E-state index in [0.29, 0.717) is 34.6 Å². The quantitative estimate of drug-likeness (QED) is 0.323. The van der Waals surface area contributed by atoms with Crippen LogP contribution in [0.4, 0.5) is 5.69 Å². The van der Waals surface area contributed by atoms with Crippen LogP contribution in [-0.4, -0.2) is 39.4 Å². The molecule has 0 atom stereocenters. The van der Waals surface area contributed by atoms with E-state index in [-0.39, 0.29) is 11.7 Å². The molecule has 0 saturated heterocycles. The summed E-state index contributed by atoms with van der Waals surface area (Å²) in [5.41, 5.74) is 6.12. The third-order valence-electron chi connectivity index (χ3n) is 4.40. The summed E-state index contributed by atoms with van der Waals surface area (Å²) in [6.07, 6.45) is 0. The lowest BCUT2D eigenvalue weighted by Gasteiger charge is -2.10. The summed E-state index contributed by atoms with van der Waals surface area (Å²) in [5, 5.41) is 13.0. The molecule has 0 fully saturated rings. The van der Waals surface area contributed by atoms with Crippen molar-refractivity contribution in [1.29, 1.82) is 0 Å². The smallest absolute Gasteiger partial charge is 0.269 e. The second-order valence-corrected chi connectivity index (χ2v) is 7.90. The van der Waals surface area contributed by atoms with Crippen LogP contribution >= 0.6 is 23.4 Å². The van der Waals surface area contributed by atoms with Crippen molar-refractivity contribution in [3.8, 4) is 5.75 Å². The minimum Gasteiger partial charge on any atom is -0.497 e. The van der Waals surface area contributed by atoms with Crippen LogP contribution in [0.2, 0.25) is 5.02 Å². The molecular formula is C21H23ClN6O3S. The molecule has 168 valence electrons. The molecule has 0 spiro atoms. The Bertz CT molecular complexity index is 1060. The van der Waals surface area contributed by atoms with Crippen molar-refractivity contribution in [3.63, 3.8) is 0 Å². The Morgan fingerprint density at radius 1 is 1.06 bits per heavy atom. The van der Waals surface area contributed by atoms with Gasteiger partial charge in [0.25, 0.3) is 5.91 Å². The number of hydrazine groups is 1. The molecule has 3 aromatic rings. The third-order valence-corrected chi connectivity index (χ3v) is 5.62. The molecule has 0 aliphatic heterocycles. The number of anilines is 1. The van der Waals surface area contributed by atoms with Crippen molar-refractivity contribution in [1.82, 2.24) is 25.6 Å². The van der Waals surface area contributed by atoms with E-state index in [1.54, 1.807) is 31.4 Å². The monoisotopic (exact) mass is 474 g/mol. The van der Waals surface area contributed by atoms with Gasteiger partial charge in [-0.2, -0.15) is 0 Å². The fourth-order valence-electron chi connectivity index (χ4n) is 2.73. The maximum absolute atomic E-state index is 12.1. The number of thioether (sulfide) groups is 1. The Labute approximate surface area is 194 Å². The zero-order chi connectivity index (χ0) is 22.9. The first-order valence-electron chi connectivity index (χ1n) is 9.77. The highest BCUT2D eigenvalue weighted by Gasteiger charge is 2.14. The lowest BCUT2D eigenvalue weighted by Crippen LogP contribution is -2.42. The highest BCUT2D eigenvalue weighted by Crippen LogP contribution is 2.18. The Kier molecular flexibility index (Phi) is 8.34. The van der Waals surface area contributed by atoms with Gasteiger partial charge in [0, 0.05) is 22.8 Å². The molecule has 0 aliphatic rings. The van der Waals surface area contributed by atoms with Gasteiger partial charge >= 0.3 is 0 Å². The molecule has 9 nitrogen and oxygen atoms in total. The number of hydrogen-bond donors (Lipinski definition) is 3. The van der Waals surface area contributed by atoms with Crippen LogP contribution in [0.15, 0.2) is 53.7 Å². The van der Waals surface area contributed by atoms with Crippen molar-refractivity contribution >= 4 is 40.9 Å². The first-order valence-corrected chi connectivity index (χ1v) is 11.1. The SMILES string of the molecule is CCn1c(CNc2ccc(Cl)cc2)nnc1SCC(=O)NNC(=O)c1ccc(OC)cc1. The number of aromatic nitrogens is 3. The molecule has 11 heteroatoms. The van der Waals surface area contributed by atoms with Crippen molar-refractivity contribution in [2.45, 2.75) is 25.2 Å². The summed E-state index contributed by atoms with van der Waals surface area (Å²) in [5.74, 6) is 0.690. The van der Waals surface area contributed by atoms with Gasteiger partial charge in [-0.15, -0.1) is 10.2 Å². The number of amides is 2. The van der Waals surface area contributed by atoms with Crippen molar-refractivity contribution in [2.75, 3.05) is 18.2 Å². The first-order chi connectivity index (χ1) is 15.5. The number of carbonyl (C=O) groups is 2. The van der Waals surface area contributed by atoms with Crippen molar-refractivity contribution in [2.24, 2.45) is 0 Å². The standard InChI is InChI=1S/C21H23ClN6O3S/c1-3-28-18(12-23-16-8-6-15(22)7-9-16)24-27-21(28)32-13-19(29)25-26-20(30)14-4-10-17(31-2)11-5-14/h4-11,23H,3,12-13H2,1-2H3,(H,25,29)(H,26,30). The number of benzene rings is 2. The highest BCUT2D eigenvalue weighted by atomic mass is 35.5. The van der Waals surface area contributed by atoms with E-state index in [4.69, 9.17) is 16.3 Å². The first kappa shape index (κ1) is 23.4. The maximum atomic E-state index is 12.1. The van der Waals surface area contributed by atoms with Gasteiger partial charge in [0.2, 0.25) is 5.91 Å². The van der Waals surface area contributed by atoms with E-state index in [1.165, 1.54) is 11.8 Å². The van der Waals surface area contributed by atoms with Crippen molar-refractivity contribution in [3.05, 3.63) is 64.9 Å². The summed E-state index contributed by atoms with van der Waals surface area (Å²) < 4.78 is 6.99. The van der Waals surface area contributed by atoms with E-state index in [9.17, 15) is 9.59 Å². The van der Waals surface area contributed by atoms with Gasteiger partial charge in [-0.1, -0.05) is 23.4 Å². The fraction of sp³-hybridized carbons (Fsp3) is 0.238. The average molecular weight is 475 g/mol. The second kappa shape index (κ2) is 11.4. The fourth-order valence-corrected chi connectivity index (χ4v) is 3.68. The Morgan fingerprint density at radius 2 is 1.78 bits per heavy atom. The zero-order valence-corrected chi connectivity index (χ0v) is 19.2. The van der Waals surface area contributed by atoms with Crippen LogP contribution in [0.3, 0.4) is 0 Å². The molecule has 0 unspecified atom stereocenters. The highest BCUT2D eigenvalue weighted by molar-refractivity contribution is 7.99.